The molecule has 0 aromatic rings. The number of unbranched alkanes of at least 4 members (excludes halogenated alkanes) is 5. The largest absolute Gasteiger partial charge is 0.447 e. The Morgan fingerprint density at radius 1 is 0.957 bits per heavy atom. The molecule has 0 saturated carbocycles. The molecule has 0 aromatic heterocycles. The first kappa shape index (κ1) is 22.1. The van der Waals surface area contributed by atoms with E-state index in [4.69, 9.17) is 18.9 Å². The lowest BCUT2D eigenvalue weighted by atomic mass is 9.94. The second-order valence-corrected chi connectivity index (χ2v) is 6.09. The number of carbonyl (C=O) groups excluding carboxylic acids is 1. The number of hydrogen-bond donors (Lipinski definition) is 0. The maximum atomic E-state index is 12.0. The normalized spacial score (nSPS) is 14.3. The molecule has 0 radical (unpaired) electrons. The standard InChI is InChI=1S/C18H34O5/c1-8-9-10-11-12-13-14-17(4,23-16(19)15(2)3)18(20-5,21-6)22-7/h2,8-14H2,1,3-7H3. The van der Waals surface area contributed by atoms with Gasteiger partial charge in [0.15, 0.2) is 5.60 Å². The van der Waals surface area contributed by atoms with Crippen LogP contribution in [0.5, 0.6) is 0 Å². The molecule has 0 aliphatic rings. The van der Waals surface area contributed by atoms with E-state index < -0.39 is 17.5 Å². The van der Waals surface area contributed by atoms with E-state index in [1.165, 1.54) is 40.6 Å². The van der Waals surface area contributed by atoms with Crippen LogP contribution >= 0.6 is 0 Å². The first-order valence-electron chi connectivity index (χ1n) is 8.36. The van der Waals surface area contributed by atoms with Crippen molar-refractivity contribution in [3.63, 3.8) is 0 Å². The van der Waals surface area contributed by atoms with Crippen molar-refractivity contribution in [1.29, 1.82) is 0 Å². The van der Waals surface area contributed by atoms with Gasteiger partial charge in [-0.1, -0.05) is 45.6 Å². The molecule has 136 valence electrons. The van der Waals surface area contributed by atoms with Crippen molar-refractivity contribution in [3.05, 3.63) is 12.2 Å². The minimum atomic E-state index is -1.44. The van der Waals surface area contributed by atoms with Crippen LogP contribution in [0.1, 0.15) is 65.7 Å². The molecule has 0 saturated heterocycles. The van der Waals surface area contributed by atoms with Crippen LogP contribution in [0.15, 0.2) is 12.2 Å². The fourth-order valence-electron chi connectivity index (χ4n) is 2.70. The highest BCUT2D eigenvalue weighted by Crippen LogP contribution is 2.36. The van der Waals surface area contributed by atoms with Crippen molar-refractivity contribution < 1.29 is 23.7 Å². The second kappa shape index (κ2) is 10.8. The third kappa shape index (κ3) is 6.24. The van der Waals surface area contributed by atoms with Gasteiger partial charge in [0.1, 0.15) is 0 Å². The van der Waals surface area contributed by atoms with Crippen LogP contribution in [0.2, 0.25) is 0 Å². The van der Waals surface area contributed by atoms with Crippen LogP contribution in [0.4, 0.5) is 0 Å². The molecular formula is C18H34O5. The van der Waals surface area contributed by atoms with Gasteiger partial charge in [0.25, 0.3) is 0 Å². The summed E-state index contributed by atoms with van der Waals surface area (Å²) in [4.78, 5) is 12.0. The highest BCUT2D eigenvalue weighted by Gasteiger charge is 2.53. The maximum absolute atomic E-state index is 12.0. The van der Waals surface area contributed by atoms with Crippen molar-refractivity contribution in [2.45, 2.75) is 77.3 Å². The highest BCUT2D eigenvalue weighted by molar-refractivity contribution is 5.87. The lowest BCUT2D eigenvalue weighted by Crippen LogP contribution is -2.58. The van der Waals surface area contributed by atoms with Gasteiger partial charge in [0, 0.05) is 26.9 Å². The molecule has 0 rings (SSSR count). The zero-order chi connectivity index (χ0) is 17.9. The number of esters is 1. The van der Waals surface area contributed by atoms with Gasteiger partial charge < -0.3 is 18.9 Å². The Balaban J connectivity index is 4.99. The molecule has 0 amide bonds. The summed E-state index contributed by atoms with van der Waals surface area (Å²) < 4.78 is 21.9. The monoisotopic (exact) mass is 330 g/mol. The molecule has 5 nitrogen and oxygen atoms in total. The number of ether oxygens (including phenoxy) is 4. The Labute approximate surface area is 141 Å². The summed E-state index contributed by atoms with van der Waals surface area (Å²) in [7, 11) is 4.42. The summed E-state index contributed by atoms with van der Waals surface area (Å²) in [6, 6.07) is 0. The number of methoxy groups -OCH3 is 3. The fraction of sp³-hybridized carbons (Fsp3) is 0.833. The Kier molecular flexibility index (Phi) is 10.4. The average Bonchev–Trinajstić information content (AvgIpc) is 2.52. The minimum Gasteiger partial charge on any atom is -0.447 e. The number of hydrogen-bond acceptors (Lipinski definition) is 5. The molecule has 0 aliphatic carbocycles. The first-order valence-corrected chi connectivity index (χ1v) is 8.36. The van der Waals surface area contributed by atoms with E-state index in [0.29, 0.717) is 12.0 Å². The molecule has 0 aromatic carbocycles. The lowest BCUT2D eigenvalue weighted by molar-refractivity contribution is -0.416. The van der Waals surface area contributed by atoms with Crippen LogP contribution in [0.25, 0.3) is 0 Å². The van der Waals surface area contributed by atoms with E-state index in [9.17, 15) is 4.79 Å². The van der Waals surface area contributed by atoms with Gasteiger partial charge in [-0.2, -0.15) is 0 Å². The van der Waals surface area contributed by atoms with E-state index >= 15 is 0 Å². The third-order valence-corrected chi connectivity index (χ3v) is 4.13. The zero-order valence-corrected chi connectivity index (χ0v) is 15.7. The molecule has 0 fully saturated rings. The van der Waals surface area contributed by atoms with Gasteiger partial charge in [-0.05, 0) is 26.7 Å². The minimum absolute atomic E-state index is 0.330. The Hall–Kier alpha value is -0.910. The third-order valence-electron chi connectivity index (χ3n) is 4.13. The van der Waals surface area contributed by atoms with Gasteiger partial charge in [0.2, 0.25) is 0 Å². The molecule has 0 heterocycles. The molecule has 0 spiro atoms. The summed E-state index contributed by atoms with van der Waals surface area (Å²) in [5.74, 6) is -1.92. The summed E-state index contributed by atoms with van der Waals surface area (Å²) in [5, 5.41) is 0. The van der Waals surface area contributed by atoms with Crippen molar-refractivity contribution in [1.82, 2.24) is 0 Å². The van der Waals surface area contributed by atoms with E-state index in [1.807, 2.05) is 0 Å². The van der Waals surface area contributed by atoms with E-state index in [0.717, 1.165) is 19.3 Å². The smallest absolute Gasteiger partial charge is 0.333 e. The van der Waals surface area contributed by atoms with Gasteiger partial charge in [-0.3, -0.25) is 0 Å². The topological polar surface area (TPSA) is 54.0 Å². The Morgan fingerprint density at radius 2 is 1.43 bits per heavy atom. The molecule has 5 heteroatoms. The predicted octanol–water partition coefficient (Wildman–Crippen LogP) is 4.21. The molecule has 23 heavy (non-hydrogen) atoms. The van der Waals surface area contributed by atoms with Crippen molar-refractivity contribution in [3.8, 4) is 0 Å². The highest BCUT2D eigenvalue weighted by atomic mass is 16.9. The summed E-state index contributed by atoms with van der Waals surface area (Å²) in [6.07, 6.45) is 7.39. The van der Waals surface area contributed by atoms with Crippen LogP contribution in [0.3, 0.4) is 0 Å². The van der Waals surface area contributed by atoms with Gasteiger partial charge >= 0.3 is 11.9 Å². The summed E-state index contributed by atoms with van der Waals surface area (Å²) >= 11 is 0. The predicted molar refractivity (Wildman–Crippen MR) is 91.1 cm³/mol. The summed E-state index contributed by atoms with van der Waals surface area (Å²) in [5.41, 5.74) is -0.733. The Morgan fingerprint density at radius 3 is 1.87 bits per heavy atom. The van der Waals surface area contributed by atoms with E-state index in [2.05, 4.69) is 13.5 Å². The van der Waals surface area contributed by atoms with Gasteiger partial charge in [-0.25, -0.2) is 4.79 Å². The SMILES string of the molecule is C=C(C)C(=O)OC(C)(CCCCCCCC)C(OC)(OC)OC. The van der Waals surface area contributed by atoms with E-state index in [1.54, 1.807) is 13.8 Å². The fourth-order valence-corrected chi connectivity index (χ4v) is 2.70. The zero-order valence-electron chi connectivity index (χ0n) is 15.7. The van der Waals surface area contributed by atoms with Crippen LogP contribution in [-0.4, -0.2) is 38.9 Å². The molecule has 0 bridgehead atoms. The second-order valence-electron chi connectivity index (χ2n) is 6.09. The quantitative estimate of drug-likeness (QED) is 0.219. The van der Waals surface area contributed by atoms with Gasteiger partial charge in [0.05, 0.1) is 0 Å². The van der Waals surface area contributed by atoms with Crippen molar-refractivity contribution >= 4 is 5.97 Å². The molecule has 0 aliphatic heterocycles. The van der Waals surface area contributed by atoms with Crippen LogP contribution in [0, 0.1) is 0 Å². The number of carbonyl (C=O) groups is 1. The first-order chi connectivity index (χ1) is 10.8. The molecular weight excluding hydrogens is 296 g/mol. The van der Waals surface area contributed by atoms with Crippen molar-refractivity contribution in [2.75, 3.05) is 21.3 Å². The van der Waals surface area contributed by atoms with E-state index in [-0.39, 0.29) is 0 Å². The van der Waals surface area contributed by atoms with Crippen LogP contribution < -0.4 is 0 Å². The van der Waals surface area contributed by atoms with Gasteiger partial charge in [-0.15, -0.1) is 0 Å². The average molecular weight is 330 g/mol. The molecule has 1 unspecified atom stereocenters. The lowest BCUT2D eigenvalue weighted by Gasteiger charge is -2.43. The van der Waals surface area contributed by atoms with Crippen molar-refractivity contribution in [2.24, 2.45) is 0 Å². The van der Waals surface area contributed by atoms with Crippen LogP contribution in [-0.2, 0) is 23.7 Å². The Bertz CT molecular complexity index is 354. The summed E-state index contributed by atoms with van der Waals surface area (Å²) in [6.45, 7) is 9.21. The maximum Gasteiger partial charge on any atom is 0.333 e. The molecule has 1 atom stereocenters. The number of rotatable bonds is 13. The molecule has 0 N–H and O–H groups in total.